The second-order valence-corrected chi connectivity index (χ2v) is 8.42. The molecule has 2 aliphatic carbocycles. The first-order valence-electron chi connectivity index (χ1n) is 7.40. The third kappa shape index (κ3) is 3.26. The molecule has 0 spiro atoms. The van der Waals surface area contributed by atoms with E-state index in [-0.39, 0.29) is 5.41 Å². The maximum Gasteiger partial charge on any atom is 0.240 e. The second-order valence-electron chi connectivity index (χ2n) is 6.24. The van der Waals surface area contributed by atoms with Gasteiger partial charge in [-0.2, -0.15) is 0 Å². The van der Waals surface area contributed by atoms with Crippen molar-refractivity contribution in [1.82, 2.24) is 10.0 Å². The van der Waals surface area contributed by atoms with Crippen molar-refractivity contribution in [3.05, 3.63) is 28.8 Å². The third-order valence-electron chi connectivity index (χ3n) is 4.64. The summed E-state index contributed by atoms with van der Waals surface area (Å²) in [7, 11) is -1.65. The second kappa shape index (κ2) is 5.54. The minimum absolute atomic E-state index is 0.257. The highest BCUT2D eigenvalue weighted by Gasteiger charge is 2.53. The van der Waals surface area contributed by atoms with Gasteiger partial charge in [0.05, 0.1) is 4.90 Å². The van der Waals surface area contributed by atoms with Gasteiger partial charge in [-0.05, 0) is 67.8 Å². The van der Waals surface area contributed by atoms with Crippen LogP contribution in [0.25, 0.3) is 0 Å². The lowest BCUT2D eigenvalue weighted by molar-refractivity contribution is 0.432. The molecule has 1 aromatic rings. The predicted octanol–water partition coefficient (Wildman–Crippen LogP) is 2.53. The zero-order valence-corrected chi connectivity index (χ0v) is 13.7. The van der Waals surface area contributed by atoms with Crippen LogP contribution in [-0.2, 0) is 16.6 Å². The molecule has 0 bridgehead atoms. The van der Waals surface area contributed by atoms with Gasteiger partial charge in [0.1, 0.15) is 0 Å². The summed E-state index contributed by atoms with van der Waals surface area (Å²) in [5.74, 6) is 0.741. The first-order valence-corrected chi connectivity index (χ1v) is 9.26. The molecule has 0 saturated heterocycles. The highest BCUT2D eigenvalue weighted by molar-refractivity contribution is 7.89. The summed E-state index contributed by atoms with van der Waals surface area (Å²) >= 11 is 6.08. The number of rotatable bonds is 7. The summed E-state index contributed by atoms with van der Waals surface area (Å²) in [6.07, 6.45) is 4.83. The van der Waals surface area contributed by atoms with Gasteiger partial charge in [-0.25, -0.2) is 13.1 Å². The Morgan fingerprint density at radius 3 is 2.62 bits per heavy atom. The highest BCUT2D eigenvalue weighted by atomic mass is 35.5. The van der Waals surface area contributed by atoms with E-state index in [1.807, 2.05) is 7.05 Å². The molecule has 0 aliphatic heterocycles. The van der Waals surface area contributed by atoms with Crippen LogP contribution in [0.4, 0.5) is 0 Å². The number of halogens is 1. The highest BCUT2D eigenvalue weighted by Crippen LogP contribution is 2.60. The van der Waals surface area contributed by atoms with E-state index in [1.54, 1.807) is 18.2 Å². The number of hydrogen-bond acceptors (Lipinski definition) is 3. The lowest BCUT2D eigenvalue weighted by Crippen LogP contribution is -2.31. The van der Waals surface area contributed by atoms with Gasteiger partial charge >= 0.3 is 0 Å². The maximum atomic E-state index is 12.4. The Kier molecular flexibility index (Phi) is 4.03. The standard InChI is InChI=1S/C15H21ClN2O2S/c1-17-9-11-8-13(4-5-14(11)16)21(19,20)18-10-15(6-7-15)12-2-3-12/h4-5,8,12,17-18H,2-3,6-7,9-10H2,1H3. The molecule has 21 heavy (non-hydrogen) atoms. The zero-order chi connectivity index (χ0) is 15.1. The lowest BCUT2D eigenvalue weighted by Gasteiger charge is -2.16. The van der Waals surface area contributed by atoms with Gasteiger partial charge < -0.3 is 5.32 Å². The SMILES string of the molecule is CNCc1cc(S(=O)(=O)NCC2(C3CC3)CC2)ccc1Cl. The maximum absolute atomic E-state index is 12.4. The van der Waals surface area contributed by atoms with E-state index in [1.165, 1.54) is 12.8 Å². The summed E-state index contributed by atoms with van der Waals surface area (Å²) in [5.41, 5.74) is 1.05. The van der Waals surface area contributed by atoms with Crippen molar-refractivity contribution in [2.24, 2.45) is 11.3 Å². The van der Waals surface area contributed by atoms with Crippen molar-refractivity contribution < 1.29 is 8.42 Å². The van der Waals surface area contributed by atoms with E-state index in [2.05, 4.69) is 10.0 Å². The molecular formula is C15H21ClN2O2S. The molecule has 0 atom stereocenters. The number of benzene rings is 1. The normalized spacial score (nSPS) is 20.5. The first-order chi connectivity index (χ1) is 9.97. The molecular weight excluding hydrogens is 308 g/mol. The summed E-state index contributed by atoms with van der Waals surface area (Å²) in [4.78, 5) is 0.295. The van der Waals surface area contributed by atoms with Gasteiger partial charge in [-0.15, -0.1) is 0 Å². The van der Waals surface area contributed by atoms with E-state index in [4.69, 9.17) is 11.6 Å². The summed E-state index contributed by atoms with van der Waals surface area (Å²) in [5, 5.41) is 3.58. The average molecular weight is 329 g/mol. The Morgan fingerprint density at radius 1 is 1.33 bits per heavy atom. The van der Waals surface area contributed by atoms with Crippen LogP contribution in [-0.4, -0.2) is 22.0 Å². The Balaban J connectivity index is 1.73. The van der Waals surface area contributed by atoms with Crippen LogP contribution in [0.5, 0.6) is 0 Å². The molecule has 1 aromatic carbocycles. The fourth-order valence-corrected chi connectivity index (χ4v) is 4.32. The van der Waals surface area contributed by atoms with Gasteiger partial charge in [-0.1, -0.05) is 11.6 Å². The van der Waals surface area contributed by atoms with Gasteiger partial charge in [0.25, 0.3) is 0 Å². The van der Waals surface area contributed by atoms with Crippen molar-refractivity contribution >= 4 is 21.6 Å². The van der Waals surface area contributed by atoms with Gasteiger partial charge in [0.15, 0.2) is 0 Å². The van der Waals surface area contributed by atoms with Crippen LogP contribution in [0.1, 0.15) is 31.2 Å². The molecule has 0 radical (unpaired) electrons. The molecule has 0 heterocycles. The van der Waals surface area contributed by atoms with Crippen LogP contribution in [0.2, 0.25) is 5.02 Å². The van der Waals surface area contributed by atoms with Crippen molar-refractivity contribution in [2.75, 3.05) is 13.6 Å². The minimum atomic E-state index is -3.45. The van der Waals surface area contributed by atoms with Crippen LogP contribution in [0.3, 0.4) is 0 Å². The molecule has 6 heteroatoms. The Bertz CT molecular complexity index is 637. The lowest BCUT2D eigenvalue weighted by atomic mass is 10.0. The van der Waals surface area contributed by atoms with E-state index in [0.29, 0.717) is 23.0 Å². The molecule has 2 fully saturated rings. The van der Waals surface area contributed by atoms with Gasteiger partial charge in [0, 0.05) is 18.1 Å². The molecule has 0 amide bonds. The van der Waals surface area contributed by atoms with Crippen LogP contribution in [0, 0.1) is 11.3 Å². The van der Waals surface area contributed by atoms with Crippen molar-refractivity contribution in [1.29, 1.82) is 0 Å². The predicted molar refractivity (Wildman–Crippen MR) is 83.8 cm³/mol. The average Bonchev–Trinajstić information content (AvgIpc) is 3.32. The van der Waals surface area contributed by atoms with Crippen LogP contribution < -0.4 is 10.0 Å². The molecule has 4 nitrogen and oxygen atoms in total. The van der Waals surface area contributed by atoms with Crippen LogP contribution >= 0.6 is 11.6 Å². The molecule has 0 unspecified atom stereocenters. The fourth-order valence-electron chi connectivity index (χ4n) is 2.95. The Morgan fingerprint density at radius 2 is 2.05 bits per heavy atom. The van der Waals surface area contributed by atoms with E-state index in [9.17, 15) is 8.42 Å². The quantitative estimate of drug-likeness (QED) is 0.808. The van der Waals surface area contributed by atoms with E-state index < -0.39 is 10.0 Å². The van der Waals surface area contributed by atoms with E-state index in [0.717, 1.165) is 24.3 Å². The van der Waals surface area contributed by atoms with Gasteiger partial charge in [0.2, 0.25) is 10.0 Å². The Hall–Kier alpha value is -0.620. The monoisotopic (exact) mass is 328 g/mol. The number of hydrogen-bond donors (Lipinski definition) is 2. The molecule has 0 aromatic heterocycles. The van der Waals surface area contributed by atoms with Crippen LogP contribution in [0.15, 0.2) is 23.1 Å². The van der Waals surface area contributed by atoms with Gasteiger partial charge in [-0.3, -0.25) is 0 Å². The topological polar surface area (TPSA) is 58.2 Å². The smallest absolute Gasteiger partial charge is 0.240 e. The molecule has 2 N–H and O–H groups in total. The van der Waals surface area contributed by atoms with Crippen molar-refractivity contribution in [2.45, 2.75) is 37.1 Å². The number of sulfonamides is 1. The Labute approximate surface area is 131 Å². The molecule has 2 saturated carbocycles. The molecule has 116 valence electrons. The largest absolute Gasteiger partial charge is 0.316 e. The first kappa shape index (κ1) is 15.3. The number of nitrogens with one attached hydrogen (secondary N) is 2. The third-order valence-corrected chi connectivity index (χ3v) is 6.41. The summed E-state index contributed by atoms with van der Waals surface area (Å²) in [6.45, 7) is 1.12. The van der Waals surface area contributed by atoms with E-state index >= 15 is 0 Å². The zero-order valence-electron chi connectivity index (χ0n) is 12.2. The van der Waals surface area contributed by atoms with Crippen molar-refractivity contribution in [3.8, 4) is 0 Å². The summed E-state index contributed by atoms with van der Waals surface area (Å²) in [6, 6.07) is 4.87. The fraction of sp³-hybridized carbons (Fsp3) is 0.600. The summed E-state index contributed by atoms with van der Waals surface area (Å²) < 4.78 is 27.7. The molecule has 2 aliphatic rings. The molecule has 3 rings (SSSR count). The van der Waals surface area contributed by atoms with Crippen molar-refractivity contribution in [3.63, 3.8) is 0 Å². The minimum Gasteiger partial charge on any atom is -0.316 e.